The first-order valence-electron chi connectivity index (χ1n) is 4.35. The second kappa shape index (κ2) is 3.91. The molecule has 0 bridgehead atoms. The van der Waals surface area contributed by atoms with Gasteiger partial charge in [0.25, 0.3) is 11.6 Å². The average Bonchev–Trinajstić information content (AvgIpc) is 2.30. The van der Waals surface area contributed by atoms with Gasteiger partial charge in [-0.2, -0.15) is 0 Å². The van der Waals surface area contributed by atoms with Crippen LogP contribution < -0.4 is 10.3 Å². The van der Waals surface area contributed by atoms with E-state index in [1.807, 2.05) is 0 Å². The number of methoxy groups -OCH3 is 1. The van der Waals surface area contributed by atoms with Crippen LogP contribution in [0.25, 0.3) is 11.1 Å². The number of aromatic amines is 1. The molecule has 0 aliphatic heterocycles. The molecular formula is C10H9N3O2. The molecule has 0 spiro atoms. The number of pyridine rings is 1. The summed E-state index contributed by atoms with van der Waals surface area (Å²) < 4.78 is 4.80. The third kappa shape index (κ3) is 1.85. The van der Waals surface area contributed by atoms with Crippen LogP contribution in [0.2, 0.25) is 0 Å². The van der Waals surface area contributed by atoms with E-state index in [-0.39, 0.29) is 11.6 Å². The highest BCUT2D eigenvalue weighted by Gasteiger charge is 2.04. The van der Waals surface area contributed by atoms with Gasteiger partial charge in [-0.25, -0.2) is 4.98 Å². The van der Waals surface area contributed by atoms with Crippen molar-refractivity contribution >= 4 is 0 Å². The fourth-order valence-electron chi connectivity index (χ4n) is 1.21. The zero-order chi connectivity index (χ0) is 10.7. The van der Waals surface area contributed by atoms with E-state index in [9.17, 15) is 4.79 Å². The molecule has 76 valence electrons. The lowest BCUT2D eigenvalue weighted by Crippen LogP contribution is -2.11. The van der Waals surface area contributed by atoms with Crippen molar-refractivity contribution in [2.24, 2.45) is 0 Å². The monoisotopic (exact) mass is 203 g/mol. The number of ether oxygens (including phenoxy) is 1. The third-order valence-electron chi connectivity index (χ3n) is 1.94. The molecule has 15 heavy (non-hydrogen) atoms. The zero-order valence-electron chi connectivity index (χ0n) is 8.10. The Kier molecular flexibility index (Phi) is 2.45. The van der Waals surface area contributed by atoms with Gasteiger partial charge in [0.05, 0.1) is 12.7 Å². The molecule has 0 saturated heterocycles. The quantitative estimate of drug-likeness (QED) is 0.785. The van der Waals surface area contributed by atoms with E-state index in [0.717, 1.165) is 5.56 Å². The molecule has 5 nitrogen and oxygen atoms in total. The Morgan fingerprint density at radius 1 is 1.40 bits per heavy atom. The van der Waals surface area contributed by atoms with Gasteiger partial charge in [-0.15, -0.1) is 0 Å². The van der Waals surface area contributed by atoms with Crippen molar-refractivity contribution in [1.29, 1.82) is 0 Å². The minimum absolute atomic E-state index is 0.202. The van der Waals surface area contributed by atoms with Crippen LogP contribution in [0.15, 0.2) is 35.5 Å². The van der Waals surface area contributed by atoms with Gasteiger partial charge < -0.3 is 4.74 Å². The number of hydrogen-bond donors (Lipinski definition) is 1. The summed E-state index contributed by atoms with van der Waals surface area (Å²) in [4.78, 5) is 22.0. The normalized spacial score (nSPS) is 9.93. The Morgan fingerprint density at radius 2 is 2.27 bits per heavy atom. The first kappa shape index (κ1) is 9.39. The summed E-state index contributed by atoms with van der Waals surface area (Å²) in [5.41, 5.74) is 0.965. The van der Waals surface area contributed by atoms with E-state index in [1.165, 1.54) is 13.3 Å². The molecule has 0 aliphatic rings. The summed E-state index contributed by atoms with van der Waals surface area (Å²) in [7, 11) is 1.45. The lowest BCUT2D eigenvalue weighted by atomic mass is 10.1. The molecule has 0 fully saturated rings. The van der Waals surface area contributed by atoms with E-state index in [2.05, 4.69) is 15.0 Å². The Labute approximate surface area is 85.8 Å². The van der Waals surface area contributed by atoms with E-state index in [4.69, 9.17) is 4.74 Å². The van der Waals surface area contributed by atoms with Crippen molar-refractivity contribution in [3.8, 4) is 17.1 Å². The van der Waals surface area contributed by atoms with Gasteiger partial charge in [-0.3, -0.25) is 14.8 Å². The van der Waals surface area contributed by atoms with Gasteiger partial charge in [0.1, 0.15) is 0 Å². The number of hydrogen-bond acceptors (Lipinski definition) is 4. The third-order valence-corrected chi connectivity index (χ3v) is 1.94. The maximum Gasteiger partial charge on any atom is 0.296 e. The summed E-state index contributed by atoms with van der Waals surface area (Å²) in [6, 6.07) is 3.76. The summed E-state index contributed by atoms with van der Waals surface area (Å²) >= 11 is 0. The Bertz CT molecular complexity index is 508. The molecule has 2 aromatic rings. The van der Waals surface area contributed by atoms with Crippen molar-refractivity contribution in [3.05, 3.63) is 41.1 Å². The van der Waals surface area contributed by atoms with Crippen LogP contribution in [0.4, 0.5) is 0 Å². The SMILES string of the molecule is COc1ncc(-c2cccnc2)c(=O)[nH]1. The highest BCUT2D eigenvalue weighted by molar-refractivity contribution is 5.59. The van der Waals surface area contributed by atoms with Crippen LogP contribution in [0.5, 0.6) is 6.01 Å². The fourth-order valence-corrected chi connectivity index (χ4v) is 1.21. The van der Waals surface area contributed by atoms with Crippen molar-refractivity contribution in [2.75, 3.05) is 7.11 Å². The highest BCUT2D eigenvalue weighted by Crippen LogP contribution is 2.12. The van der Waals surface area contributed by atoms with Crippen LogP contribution in [0.3, 0.4) is 0 Å². The molecule has 2 aromatic heterocycles. The number of aromatic nitrogens is 3. The van der Waals surface area contributed by atoms with E-state index < -0.39 is 0 Å². The van der Waals surface area contributed by atoms with Gasteiger partial charge in [0.15, 0.2) is 0 Å². The van der Waals surface area contributed by atoms with E-state index in [1.54, 1.807) is 24.5 Å². The van der Waals surface area contributed by atoms with Gasteiger partial charge in [0, 0.05) is 24.2 Å². The molecule has 0 aromatic carbocycles. The molecule has 0 unspecified atom stereocenters. The van der Waals surface area contributed by atoms with Crippen LogP contribution in [0.1, 0.15) is 0 Å². The molecular weight excluding hydrogens is 194 g/mol. The first-order valence-corrected chi connectivity index (χ1v) is 4.35. The lowest BCUT2D eigenvalue weighted by Gasteiger charge is -2.00. The standard InChI is InChI=1S/C10H9N3O2/c1-15-10-12-6-8(9(14)13-10)7-3-2-4-11-5-7/h2-6H,1H3,(H,12,13,14). The molecule has 0 radical (unpaired) electrons. The average molecular weight is 203 g/mol. The van der Waals surface area contributed by atoms with Crippen molar-refractivity contribution in [3.63, 3.8) is 0 Å². The zero-order valence-corrected chi connectivity index (χ0v) is 8.10. The van der Waals surface area contributed by atoms with Crippen LogP contribution in [-0.4, -0.2) is 22.1 Å². The molecule has 1 N–H and O–H groups in total. The topological polar surface area (TPSA) is 67.9 Å². The van der Waals surface area contributed by atoms with Gasteiger partial charge >= 0.3 is 0 Å². The van der Waals surface area contributed by atoms with Gasteiger partial charge in [-0.05, 0) is 6.07 Å². The fraction of sp³-hybridized carbons (Fsp3) is 0.100. The lowest BCUT2D eigenvalue weighted by molar-refractivity contribution is 0.378. The Balaban J connectivity index is 2.51. The molecule has 2 rings (SSSR count). The second-order valence-electron chi connectivity index (χ2n) is 2.88. The van der Waals surface area contributed by atoms with Crippen LogP contribution in [-0.2, 0) is 0 Å². The molecule has 5 heteroatoms. The molecule has 0 saturated carbocycles. The van der Waals surface area contributed by atoms with Crippen LogP contribution >= 0.6 is 0 Å². The number of rotatable bonds is 2. The summed E-state index contributed by atoms with van der Waals surface area (Å²) in [6.07, 6.45) is 4.72. The Hall–Kier alpha value is -2.17. The second-order valence-corrected chi connectivity index (χ2v) is 2.88. The molecule has 0 amide bonds. The van der Waals surface area contributed by atoms with E-state index >= 15 is 0 Å². The minimum Gasteiger partial charge on any atom is -0.468 e. The van der Waals surface area contributed by atoms with Crippen LogP contribution in [0, 0.1) is 0 Å². The van der Waals surface area contributed by atoms with E-state index in [0.29, 0.717) is 5.56 Å². The molecule has 2 heterocycles. The smallest absolute Gasteiger partial charge is 0.296 e. The highest BCUT2D eigenvalue weighted by atomic mass is 16.5. The number of nitrogens with zero attached hydrogens (tertiary/aromatic N) is 2. The van der Waals surface area contributed by atoms with Gasteiger partial charge in [0.2, 0.25) is 0 Å². The summed E-state index contributed by atoms with van der Waals surface area (Å²) in [6.45, 7) is 0. The minimum atomic E-state index is -0.241. The molecule has 0 aliphatic carbocycles. The summed E-state index contributed by atoms with van der Waals surface area (Å²) in [5, 5.41) is 0. The first-order chi connectivity index (χ1) is 7.31. The maximum absolute atomic E-state index is 11.6. The largest absolute Gasteiger partial charge is 0.468 e. The maximum atomic E-state index is 11.6. The number of nitrogens with one attached hydrogen (secondary N) is 1. The number of H-pyrrole nitrogens is 1. The summed E-state index contributed by atoms with van der Waals surface area (Å²) in [5.74, 6) is 0. The van der Waals surface area contributed by atoms with Crippen molar-refractivity contribution in [1.82, 2.24) is 15.0 Å². The Morgan fingerprint density at radius 3 is 2.87 bits per heavy atom. The van der Waals surface area contributed by atoms with Gasteiger partial charge in [-0.1, -0.05) is 6.07 Å². The predicted molar refractivity (Wildman–Crippen MR) is 54.6 cm³/mol. The van der Waals surface area contributed by atoms with Crippen molar-refractivity contribution < 1.29 is 4.74 Å². The predicted octanol–water partition coefficient (Wildman–Crippen LogP) is 0.840. The molecule has 0 atom stereocenters. The van der Waals surface area contributed by atoms with Crippen molar-refractivity contribution in [2.45, 2.75) is 0 Å².